The van der Waals surface area contributed by atoms with Crippen LogP contribution in [0.15, 0.2) is 0 Å². The third-order valence-electron chi connectivity index (χ3n) is 2.49. The summed E-state index contributed by atoms with van der Waals surface area (Å²) in [5.74, 6) is 0. The van der Waals surface area contributed by atoms with E-state index in [1.54, 1.807) is 0 Å². The van der Waals surface area contributed by atoms with E-state index in [0.717, 1.165) is 19.7 Å². The smallest absolute Gasteiger partial charge is 0.0907 e. The van der Waals surface area contributed by atoms with Gasteiger partial charge in [0, 0.05) is 25.2 Å². The Balaban J connectivity index is 2.36. The summed E-state index contributed by atoms with van der Waals surface area (Å²) in [7, 11) is 0. The van der Waals surface area contributed by atoms with Crippen LogP contribution < -0.4 is 0 Å². The SMILES string of the molecule is CCOC1(C)CN(C(C)(C)C)C1. The van der Waals surface area contributed by atoms with E-state index in [2.05, 4.69) is 39.5 Å². The topological polar surface area (TPSA) is 12.5 Å². The Hall–Kier alpha value is -0.0800. The second-order valence-electron chi connectivity index (χ2n) is 4.91. The molecule has 1 saturated heterocycles. The highest BCUT2D eigenvalue weighted by Gasteiger charge is 2.43. The molecule has 1 aliphatic rings. The highest BCUT2D eigenvalue weighted by atomic mass is 16.5. The number of hydrogen-bond donors (Lipinski definition) is 0. The first kappa shape index (κ1) is 10.0. The molecule has 1 heterocycles. The van der Waals surface area contributed by atoms with Crippen LogP contribution in [0.25, 0.3) is 0 Å². The van der Waals surface area contributed by atoms with Crippen molar-refractivity contribution < 1.29 is 4.74 Å². The number of likely N-dealkylation sites (tertiary alicyclic amines) is 1. The molecule has 1 fully saturated rings. The van der Waals surface area contributed by atoms with Gasteiger partial charge >= 0.3 is 0 Å². The van der Waals surface area contributed by atoms with Crippen molar-refractivity contribution in [2.24, 2.45) is 0 Å². The van der Waals surface area contributed by atoms with Gasteiger partial charge in [0.25, 0.3) is 0 Å². The van der Waals surface area contributed by atoms with Crippen molar-refractivity contribution in [1.82, 2.24) is 4.90 Å². The molecule has 0 unspecified atom stereocenters. The molecule has 1 aliphatic heterocycles. The molecule has 0 spiro atoms. The monoisotopic (exact) mass is 171 g/mol. The fourth-order valence-corrected chi connectivity index (χ4v) is 1.68. The minimum Gasteiger partial charge on any atom is -0.373 e. The molecular formula is C10H21NO. The summed E-state index contributed by atoms with van der Waals surface area (Å²) in [6.07, 6.45) is 0. The van der Waals surface area contributed by atoms with Crippen LogP contribution in [0.1, 0.15) is 34.6 Å². The van der Waals surface area contributed by atoms with Crippen molar-refractivity contribution in [2.45, 2.75) is 45.8 Å². The molecular weight excluding hydrogens is 150 g/mol. The number of nitrogens with zero attached hydrogens (tertiary/aromatic N) is 1. The van der Waals surface area contributed by atoms with Crippen LogP contribution in [0.4, 0.5) is 0 Å². The van der Waals surface area contributed by atoms with E-state index in [1.807, 2.05) is 0 Å². The largest absolute Gasteiger partial charge is 0.373 e. The molecule has 0 radical (unpaired) electrons. The second-order valence-corrected chi connectivity index (χ2v) is 4.91. The molecule has 0 saturated carbocycles. The van der Waals surface area contributed by atoms with E-state index < -0.39 is 0 Å². The lowest BCUT2D eigenvalue weighted by atomic mass is 9.90. The average molecular weight is 171 g/mol. The molecule has 0 bridgehead atoms. The van der Waals surface area contributed by atoms with Crippen LogP contribution >= 0.6 is 0 Å². The van der Waals surface area contributed by atoms with Crippen molar-refractivity contribution in [2.75, 3.05) is 19.7 Å². The van der Waals surface area contributed by atoms with Crippen molar-refractivity contribution in [1.29, 1.82) is 0 Å². The van der Waals surface area contributed by atoms with Gasteiger partial charge in [0.1, 0.15) is 0 Å². The Morgan fingerprint density at radius 3 is 2.17 bits per heavy atom. The maximum Gasteiger partial charge on any atom is 0.0907 e. The lowest BCUT2D eigenvalue weighted by Gasteiger charge is -2.53. The van der Waals surface area contributed by atoms with E-state index in [9.17, 15) is 0 Å². The van der Waals surface area contributed by atoms with E-state index in [-0.39, 0.29) is 5.60 Å². The molecule has 0 N–H and O–H groups in total. The summed E-state index contributed by atoms with van der Waals surface area (Å²) < 4.78 is 5.65. The Morgan fingerprint density at radius 2 is 1.83 bits per heavy atom. The molecule has 0 aliphatic carbocycles. The zero-order valence-electron chi connectivity index (χ0n) is 8.98. The molecule has 0 aromatic carbocycles. The quantitative estimate of drug-likeness (QED) is 0.629. The van der Waals surface area contributed by atoms with E-state index in [1.165, 1.54) is 0 Å². The highest BCUT2D eigenvalue weighted by Crippen LogP contribution is 2.30. The second kappa shape index (κ2) is 3.00. The summed E-state index contributed by atoms with van der Waals surface area (Å²) in [6, 6.07) is 0. The molecule has 0 amide bonds. The van der Waals surface area contributed by atoms with Crippen LogP contribution in [0, 0.1) is 0 Å². The van der Waals surface area contributed by atoms with Crippen molar-refractivity contribution in [3.63, 3.8) is 0 Å². The number of ether oxygens (including phenoxy) is 1. The molecule has 72 valence electrons. The van der Waals surface area contributed by atoms with Crippen molar-refractivity contribution in [3.05, 3.63) is 0 Å². The third kappa shape index (κ3) is 1.99. The molecule has 0 aromatic heterocycles. The van der Waals surface area contributed by atoms with Crippen LogP contribution in [-0.2, 0) is 4.74 Å². The summed E-state index contributed by atoms with van der Waals surface area (Å²) in [5.41, 5.74) is 0.429. The normalized spacial score (nSPS) is 23.8. The Morgan fingerprint density at radius 1 is 1.33 bits per heavy atom. The van der Waals surface area contributed by atoms with Gasteiger partial charge in [-0.2, -0.15) is 0 Å². The molecule has 12 heavy (non-hydrogen) atoms. The van der Waals surface area contributed by atoms with Gasteiger partial charge in [-0.25, -0.2) is 0 Å². The lowest BCUT2D eigenvalue weighted by molar-refractivity contribution is -0.154. The highest BCUT2D eigenvalue weighted by molar-refractivity contribution is 4.98. The van der Waals surface area contributed by atoms with Gasteiger partial charge in [-0.1, -0.05) is 0 Å². The predicted molar refractivity (Wildman–Crippen MR) is 51.4 cm³/mol. The molecule has 0 aromatic rings. The fraction of sp³-hybridized carbons (Fsp3) is 1.00. The summed E-state index contributed by atoms with van der Waals surface area (Å²) in [6.45, 7) is 14.0. The Bertz CT molecular complexity index is 154. The van der Waals surface area contributed by atoms with Crippen molar-refractivity contribution in [3.8, 4) is 0 Å². The van der Waals surface area contributed by atoms with Gasteiger partial charge in [0.15, 0.2) is 0 Å². The van der Waals surface area contributed by atoms with Crippen LogP contribution in [-0.4, -0.2) is 35.7 Å². The number of hydrogen-bond acceptors (Lipinski definition) is 2. The fourth-order valence-electron chi connectivity index (χ4n) is 1.68. The third-order valence-corrected chi connectivity index (χ3v) is 2.49. The first-order chi connectivity index (χ1) is 5.37. The first-order valence-corrected chi connectivity index (χ1v) is 4.76. The maximum atomic E-state index is 5.65. The zero-order valence-corrected chi connectivity index (χ0v) is 8.98. The van der Waals surface area contributed by atoms with Gasteiger partial charge in [-0.15, -0.1) is 0 Å². The minimum absolute atomic E-state index is 0.127. The summed E-state index contributed by atoms with van der Waals surface area (Å²) in [5, 5.41) is 0. The van der Waals surface area contributed by atoms with Gasteiger partial charge < -0.3 is 4.74 Å². The lowest BCUT2D eigenvalue weighted by Crippen LogP contribution is -2.66. The number of rotatable bonds is 2. The van der Waals surface area contributed by atoms with Gasteiger partial charge in [0.05, 0.1) is 5.60 Å². The van der Waals surface area contributed by atoms with Gasteiger partial charge in [0.2, 0.25) is 0 Å². The predicted octanol–water partition coefficient (Wildman–Crippen LogP) is 1.90. The summed E-state index contributed by atoms with van der Waals surface area (Å²) in [4.78, 5) is 2.45. The first-order valence-electron chi connectivity index (χ1n) is 4.76. The van der Waals surface area contributed by atoms with Crippen LogP contribution in [0.2, 0.25) is 0 Å². The minimum atomic E-state index is 0.127. The Labute approximate surface area is 75.9 Å². The van der Waals surface area contributed by atoms with E-state index in [4.69, 9.17) is 4.74 Å². The van der Waals surface area contributed by atoms with Crippen LogP contribution in [0.3, 0.4) is 0 Å². The van der Waals surface area contributed by atoms with Crippen molar-refractivity contribution >= 4 is 0 Å². The Kier molecular flexibility index (Phi) is 2.50. The molecule has 1 rings (SSSR count). The molecule has 2 heteroatoms. The molecule has 0 atom stereocenters. The van der Waals surface area contributed by atoms with Crippen LogP contribution in [0.5, 0.6) is 0 Å². The average Bonchev–Trinajstić information content (AvgIpc) is 1.81. The van der Waals surface area contributed by atoms with E-state index >= 15 is 0 Å². The zero-order chi connectivity index (χ0) is 9.41. The van der Waals surface area contributed by atoms with Gasteiger partial charge in [-0.05, 0) is 34.6 Å². The standard InChI is InChI=1S/C10H21NO/c1-6-12-10(5)7-11(8-10)9(2,3)4/h6-8H2,1-5H3. The summed E-state index contributed by atoms with van der Waals surface area (Å²) >= 11 is 0. The molecule has 2 nitrogen and oxygen atoms in total. The maximum absolute atomic E-state index is 5.65. The van der Waals surface area contributed by atoms with E-state index in [0.29, 0.717) is 5.54 Å². The van der Waals surface area contributed by atoms with Gasteiger partial charge in [-0.3, -0.25) is 4.90 Å².